The molecule has 0 radical (unpaired) electrons. The van der Waals surface area contributed by atoms with Gasteiger partial charge in [0.25, 0.3) is 0 Å². The monoisotopic (exact) mass is 263 g/mol. The van der Waals surface area contributed by atoms with Crippen molar-refractivity contribution in [1.82, 2.24) is 5.32 Å². The van der Waals surface area contributed by atoms with Crippen LogP contribution >= 0.6 is 0 Å². The summed E-state index contributed by atoms with van der Waals surface area (Å²) in [6.07, 6.45) is 3.93. The van der Waals surface area contributed by atoms with Crippen molar-refractivity contribution in [3.63, 3.8) is 0 Å². The van der Waals surface area contributed by atoms with Gasteiger partial charge < -0.3 is 14.8 Å². The second-order valence-corrected chi connectivity index (χ2v) is 5.39. The van der Waals surface area contributed by atoms with Gasteiger partial charge in [0.1, 0.15) is 11.5 Å². The Hall–Kier alpha value is -1.22. The smallest absolute Gasteiger partial charge is 0.127 e. The maximum atomic E-state index is 5.47. The molecule has 1 aliphatic rings. The predicted molar refractivity (Wildman–Crippen MR) is 77.9 cm³/mol. The van der Waals surface area contributed by atoms with Crippen molar-refractivity contribution < 1.29 is 9.47 Å². The van der Waals surface area contributed by atoms with E-state index in [0.29, 0.717) is 12.1 Å². The van der Waals surface area contributed by atoms with Gasteiger partial charge in [0.15, 0.2) is 0 Å². The minimum atomic E-state index is 0.313. The van der Waals surface area contributed by atoms with Crippen LogP contribution in [0.4, 0.5) is 0 Å². The molecule has 3 nitrogen and oxygen atoms in total. The molecule has 0 spiro atoms. The molecule has 0 aliphatic heterocycles. The topological polar surface area (TPSA) is 30.5 Å². The summed E-state index contributed by atoms with van der Waals surface area (Å²) in [7, 11) is 3.39. The second kappa shape index (κ2) is 6.29. The molecule has 0 aromatic heterocycles. The van der Waals surface area contributed by atoms with Crippen molar-refractivity contribution in [2.45, 2.75) is 45.2 Å². The van der Waals surface area contributed by atoms with E-state index in [1.165, 1.54) is 24.8 Å². The van der Waals surface area contributed by atoms with Gasteiger partial charge in [0.05, 0.1) is 14.2 Å². The molecule has 1 N–H and O–H groups in total. The van der Waals surface area contributed by atoms with Crippen molar-refractivity contribution >= 4 is 0 Å². The third kappa shape index (κ3) is 3.41. The third-order valence-electron chi connectivity index (χ3n) is 3.95. The van der Waals surface area contributed by atoms with Gasteiger partial charge in [0.2, 0.25) is 0 Å². The Balaban J connectivity index is 2.00. The summed E-state index contributed by atoms with van der Waals surface area (Å²) in [5, 5.41) is 3.70. The number of hydrogen-bond donors (Lipinski definition) is 1. The van der Waals surface area contributed by atoms with E-state index in [1.54, 1.807) is 14.2 Å². The van der Waals surface area contributed by atoms with Crippen LogP contribution in [0.5, 0.6) is 11.5 Å². The summed E-state index contributed by atoms with van der Waals surface area (Å²) in [5.41, 5.74) is 1.20. The van der Waals surface area contributed by atoms with Crippen molar-refractivity contribution in [3.05, 3.63) is 23.8 Å². The fourth-order valence-electron chi connectivity index (χ4n) is 2.73. The zero-order valence-corrected chi connectivity index (χ0v) is 12.4. The molecule has 1 aliphatic carbocycles. The van der Waals surface area contributed by atoms with Crippen LogP contribution in [0, 0.1) is 5.92 Å². The minimum Gasteiger partial charge on any atom is -0.497 e. The van der Waals surface area contributed by atoms with Crippen LogP contribution in [0.25, 0.3) is 0 Å². The maximum absolute atomic E-state index is 5.47. The first-order valence-electron chi connectivity index (χ1n) is 7.17. The quantitative estimate of drug-likeness (QED) is 0.816. The van der Waals surface area contributed by atoms with E-state index in [2.05, 4.69) is 25.2 Å². The van der Waals surface area contributed by atoms with Crippen LogP contribution < -0.4 is 14.8 Å². The molecule has 1 fully saturated rings. The first kappa shape index (κ1) is 14.2. The van der Waals surface area contributed by atoms with Crippen molar-refractivity contribution in [3.8, 4) is 11.5 Å². The van der Waals surface area contributed by atoms with E-state index in [9.17, 15) is 0 Å². The average Bonchev–Trinajstić information content (AvgIpc) is 3.16. The summed E-state index contributed by atoms with van der Waals surface area (Å²) < 4.78 is 10.7. The molecule has 0 amide bonds. The first-order valence-corrected chi connectivity index (χ1v) is 7.17. The Bertz CT molecular complexity index is 419. The minimum absolute atomic E-state index is 0.313. The fraction of sp³-hybridized carbons (Fsp3) is 0.625. The molecule has 3 atom stereocenters. The SMILES string of the molecule is CCCC1CC1NC(C)c1ccc(OC)cc1OC. The van der Waals surface area contributed by atoms with Crippen LogP contribution in [-0.4, -0.2) is 20.3 Å². The highest BCUT2D eigenvalue weighted by molar-refractivity contribution is 5.42. The predicted octanol–water partition coefficient (Wildman–Crippen LogP) is 3.54. The van der Waals surface area contributed by atoms with Gasteiger partial charge in [-0.25, -0.2) is 0 Å². The number of ether oxygens (including phenoxy) is 2. The van der Waals surface area contributed by atoms with Gasteiger partial charge in [-0.2, -0.15) is 0 Å². The molecule has 19 heavy (non-hydrogen) atoms. The second-order valence-electron chi connectivity index (χ2n) is 5.39. The lowest BCUT2D eigenvalue weighted by atomic mass is 10.1. The molecular weight excluding hydrogens is 238 g/mol. The van der Waals surface area contributed by atoms with Gasteiger partial charge in [-0.05, 0) is 31.7 Å². The molecule has 2 rings (SSSR count). The van der Waals surface area contributed by atoms with Gasteiger partial charge >= 0.3 is 0 Å². The molecule has 3 heteroatoms. The number of methoxy groups -OCH3 is 2. The fourth-order valence-corrected chi connectivity index (χ4v) is 2.73. The Morgan fingerprint density at radius 2 is 2.11 bits per heavy atom. The lowest BCUT2D eigenvalue weighted by molar-refractivity contribution is 0.385. The Labute approximate surface area is 116 Å². The van der Waals surface area contributed by atoms with Crippen LogP contribution in [-0.2, 0) is 0 Å². The van der Waals surface area contributed by atoms with Crippen LogP contribution in [0.1, 0.15) is 44.7 Å². The van der Waals surface area contributed by atoms with Gasteiger partial charge in [-0.1, -0.05) is 19.4 Å². The van der Waals surface area contributed by atoms with Gasteiger partial charge in [-0.15, -0.1) is 0 Å². The van der Waals surface area contributed by atoms with Crippen molar-refractivity contribution in [2.75, 3.05) is 14.2 Å². The van der Waals surface area contributed by atoms with Gasteiger partial charge in [0, 0.05) is 23.7 Å². The molecular formula is C16H25NO2. The summed E-state index contributed by atoms with van der Waals surface area (Å²) in [5.74, 6) is 2.60. The van der Waals surface area contributed by atoms with E-state index >= 15 is 0 Å². The highest BCUT2D eigenvalue weighted by Crippen LogP contribution is 2.37. The van der Waals surface area contributed by atoms with Crippen LogP contribution in [0.15, 0.2) is 18.2 Å². The highest BCUT2D eigenvalue weighted by atomic mass is 16.5. The van der Waals surface area contributed by atoms with E-state index < -0.39 is 0 Å². The molecule has 1 saturated carbocycles. The van der Waals surface area contributed by atoms with Crippen LogP contribution in [0.3, 0.4) is 0 Å². The zero-order chi connectivity index (χ0) is 13.8. The van der Waals surface area contributed by atoms with Crippen LogP contribution in [0.2, 0.25) is 0 Å². The Morgan fingerprint density at radius 3 is 2.74 bits per heavy atom. The molecule has 1 aromatic rings. The largest absolute Gasteiger partial charge is 0.497 e. The number of rotatable bonds is 7. The maximum Gasteiger partial charge on any atom is 0.127 e. The Kier molecular flexibility index (Phi) is 4.70. The first-order chi connectivity index (χ1) is 9.19. The summed E-state index contributed by atoms with van der Waals surface area (Å²) in [6.45, 7) is 4.46. The summed E-state index contributed by atoms with van der Waals surface area (Å²) >= 11 is 0. The molecule has 106 valence electrons. The Morgan fingerprint density at radius 1 is 1.32 bits per heavy atom. The normalized spacial score (nSPS) is 22.9. The number of nitrogens with one attached hydrogen (secondary N) is 1. The molecule has 0 heterocycles. The molecule has 1 aromatic carbocycles. The molecule has 3 unspecified atom stereocenters. The summed E-state index contributed by atoms with van der Waals surface area (Å²) in [6, 6.07) is 7.03. The highest BCUT2D eigenvalue weighted by Gasteiger charge is 2.36. The molecule has 0 saturated heterocycles. The zero-order valence-electron chi connectivity index (χ0n) is 12.4. The van der Waals surface area contributed by atoms with Gasteiger partial charge in [-0.3, -0.25) is 0 Å². The lowest BCUT2D eigenvalue weighted by Gasteiger charge is -2.18. The van der Waals surface area contributed by atoms with Crippen molar-refractivity contribution in [1.29, 1.82) is 0 Å². The average molecular weight is 263 g/mol. The summed E-state index contributed by atoms with van der Waals surface area (Å²) in [4.78, 5) is 0. The van der Waals surface area contributed by atoms with E-state index in [4.69, 9.17) is 9.47 Å². The number of benzene rings is 1. The molecule has 0 bridgehead atoms. The van der Waals surface area contributed by atoms with E-state index in [-0.39, 0.29) is 0 Å². The third-order valence-corrected chi connectivity index (χ3v) is 3.95. The number of hydrogen-bond acceptors (Lipinski definition) is 3. The lowest BCUT2D eigenvalue weighted by Crippen LogP contribution is -2.22. The van der Waals surface area contributed by atoms with E-state index in [1.807, 2.05) is 12.1 Å². The van der Waals surface area contributed by atoms with Crippen molar-refractivity contribution in [2.24, 2.45) is 5.92 Å². The standard InChI is InChI=1S/C16H25NO2/c1-5-6-12-9-15(12)17-11(2)14-8-7-13(18-3)10-16(14)19-4/h7-8,10-12,15,17H,5-6,9H2,1-4H3. The van der Waals surface area contributed by atoms with E-state index in [0.717, 1.165) is 17.4 Å².